The van der Waals surface area contributed by atoms with E-state index in [2.05, 4.69) is 17.0 Å². The Morgan fingerprint density at radius 2 is 2.11 bits per heavy atom. The van der Waals surface area contributed by atoms with Gasteiger partial charge in [0, 0.05) is 11.6 Å². The van der Waals surface area contributed by atoms with E-state index in [1.807, 2.05) is 19.1 Å². The van der Waals surface area contributed by atoms with E-state index < -0.39 is 0 Å². The molecule has 1 saturated heterocycles. The molecule has 2 unspecified atom stereocenters. The minimum atomic E-state index is -0.168. The van der Waals surface area contributed by atoms with Crippen LogP contribution in [0.15, 0.2) is 24.3 Å². The second-order valence-electron chi connectivity index (χ2n) is 5.67. The van der Waals surface area contributed by atoms with Gasteiger partial charge in [-0.2, -0.15) is 0 Å². The van der Waals surface area contributed by atoms with Crippen LogP contribution in [0.3, 0.4) is 0 Å². The molecule has 0 aromatic heterocycles. The number of aliphatic hydroxyl groups excluding tert-OH is 1. The van der Waals surface area contributed by atoms with Crippen molar-refractivity contribution in [3.8, 4) is 0 Å². The van der Waals surface area contributed by atoms with Crippen molar-refractivity contribution in [2.45, 2.75) is 38.7 Å². The standard InChI is InChI=1S/C16H24ClNO/c1-13(19)15-5-3-11-18(12-15)10-2-4-14-6-8-16(17)9-7-14/h6-9,13,15,19H,2-5,10-12H2,1H3. The molecule has 0 aliphatic carbocycles. The Kier molecular flexibility index (Phi) is 5.68. The summed E-state index contributed by atoms with van der Waals surface area (Å²) in [4.78, 5) is 2.50. The molecule has 3 heteroatoms. The summed E-state index contributed by atoms with van der Waals surface area (Å²) in [5.74, 6) is 0.462. The molecule has 0 amide bonds. The van der Waals surface area contributed by atoms with E-state index in [1.165, 1.54) is 31.4 Å². The fraction of sp³-hybridized carbons (Fsp3) is 0.625. The van der Waals surface area contributed by atoms with Gasteiger partial charge in [-0.25, -0.2) is 0 Å². The molecular weight excluding hydrogens is 258 g/mol. The Bertz CT molecular complexity index is 377. The zero-order valence-electron chi connectivity index (χ0n) is 11.7. The van der Waals surface area contributed by atoms with Crippen molar-refractivity contribution in [2.75, 3.05) is 19.6 Å². The molecule has 2 atom stereocenters. The number of piperidine rings is 1. The van der Waals surface area contributed by atoms with E-state index in [4.69, 9.17) is 11.6 Å². The van der Waals surface area contributed by atoms with Crippen molar-refractivity contribution >= 4 is 11.6 Å². The van der Waals surface area contributed by atoms with Gasteiger partial charge in [0.1, 0.15) is 0 Å². The van der Waals surface area contributed by atoms with Gasteiger partial charge in [0.05, 0.1) is 6.10 Å². The highest BCUT2D eigenvalue weighted by Gasteiger charge is 2.22. The molecule has 0 spiro atoms. The lowest BCUT2D eigenvalue weighted by atomic mass is 9.93. The summed E-state index contributed by atoms with van der Waals surface area (Å²) in [5, 5.41) is 10.5. The van der Waals surface area contributed by atoms with Gasteiger partial charge in [-0.05, 0) is 69.3 Å². The van der Waals surface area contributed by atoms with E-state index in [0.29, 0.717) is 5.92 Å². The maximum Gasteiger partial charge on any atom is 0.0552 e. The second kappa shape index (κ2) is 7.28. The van der Waals surface area contributed by atoms with E-state index >= 15 is 0 Å². The molecule has 1 heterocycles. The topological polar surface area (TPSA) is 23.5 Å². The van der Waals surface area contributed by atoms with Crippen molar-refractivity contribution in [1.82, 2.24) is 4.90 Å². The number of nitrogens with zero attached hydrogens (tertiary/aromatic N) is 1. The van der Waals surface area contributed by atoms with Gasteiger partial charge >= 0.3 is 0 Å². The highest BCUT2D eigenvalue weighted by atomic mass is 35.5. The SMILES string of the molecule is CC(O)C1CCCN(CCCc2ccc(Cl)cc2)C1. The molecule has 1 fully saturated rings. The normalized spacial score (nSPS) is 22.4. The number of rotatable bonds is 5. The summed E-state index contributed by atoms with van der Waals surface area (Å²) >= 11 is 5.88. The third-order valence-corrected chi connectivity index (χ3v) is 4.33. The van der Waals surface area contributed by atoms with Crippen LogP contribution in [0.2, 0.25) is 5.02 Å². The molecule has 2 rings (SSSR count). The average Bonchev–Trinajstić information content (AvgIpc) is 2.41. The van der Waals surface area contributed by atoms with Crippen LogP contribution in [0, 0.1) is 5.92 Å². The van der Waals surface area contributed by atoms with Gasteiger partial charge in [0.25, 0.3) is 0 Å². The number of hydrogen-bond acceptors (Lipinski definition) is 2. The first kappa shape index (κ1) is 14.8. The molecule has 0 saturated carbocycles. The van der Waals surface area contributed by atoms with Crippen molar-refractivity contribution in [2.24, 2.45) is 5.92 Å². The highest BCUT2D eigenvalue weighted by Crippen LogP contribution is 2.20. The maximum atomic E-state index is 9.69. The predicted molar refractivity (Wildman–Crippen MR) is 80.6 cm³/mol. The van der Waals surface area contributed by atoms with Crippen molar-refractivity contribution < 1.29 is 5.11 Å². The number of aliphatic hydroxyl groups is 1. The zero-order chi connectivity index (χ0) is 13.7. The number of hydrogen-bond donors (Lipinski definition) is 1. The van der Waals surface area contributed by atoms with Crippen molar-refractivity contribution in [1.29, 1.82) is 0 Å². The molecule has 0 bridgehead atoms. The van der Waals surface area contributed by atoms with Gasteiger partial charge in [0.2, 0.25) is 0 Å². The maximum absolute atomic E-state index is 9.69. The minimum absolute atomic E-state index is 0.168. The molecule has 1 N–H and O–H groups in total. The highest BCUT2D eigenvalue weighted by molar-refractivity contribution is 6.30. The Labute approximate surface area is 121 Å². The molecule has 1 aliphatic heterocycles. The first-order valence-corrected chi connectivity index (χ1v) is 7.68. The van der Waals surface area contributed by atoms with Crippen LogP contribution in [-0.2, 0) is 6.42 Å². The quantitative estimate of drug-likeness (QED) is 0.895. The molecular formula is C16H24ClNO. The average molecular weight is 282 g/mol. The smallest absolute Gasteiger partial charge is 0.0552 e. The van der Waals surface area contributed by atoms with Crippen LogP contribution in [-0.4, -0.2) is 35.7 Å². The van der Waals surface area contributed by atoms with Gasteiger partial charge in [-0.3, -0.25) is 0 Å². The molecule has 1 aromatic carbocycles. The third-order valence-electron chi connectivity index (χ3n) is 4.08. The predicted octanol–water partition coefficient (Wildman–Crippen LogP) is 3.37. The fourth-order valence-corrected chi connectivity index (χ4v) is 2.97. The summed E-state index contributed by atoms with van der Waals surface area (Å²) in [6.07, 6.45) is 4.50. The summed E-state index contributed by atoms with van der Waals surface area (Å²) < 4.78 is 0. The van der Waals surface area contributed by atoms with Gasteiger partial charge in [0.15, 0.2) is 0 Å². The van der Waals surface area contributed by atoms with E-state index in [-0.39, 0.29) is 6.10 Å². The number of aryl methyl sites for hydroxylation is 1. The van der Waals surface area contributed by atoms with Crippen molar-refractivity contribution in [3.63, 3.8) is 0 Å². The summed E-state index contributed by atoms with van der Waals surface area (Å²) in [7, 11) is 0. The van der Waals surface area contributed by atoms with Crippen LogP contribution in [0.5, 0.6) is 0 Å². The second-order valence-corrected chi connectivity index (χ2v) is 6.11. The number of halogens is 1. The molecule has 1 aliphatic rings. The van der Waals surface area contributed by atoms with Crippen molar-refractivity contribution in [3.05, 3.63) is 34.9 Å². The Morgan fingerprint density at radius 1 is 1.37 bits per heavy atom. The summed E-state index contributed by atoms with van der Waals surface area (Å²) in [6, 6.07) is 8.14. The van der Waals surface area contributed by atoms with Crippen LogP contribution >= 0.6 is 11.6 Å². The lowest BCUT2D eigenvalue weighted by molar-refractivity contribution is 0.0625. The zero-order valence-corrected chi connectivity index (χ0v) is 12.4. The largest absolute Gasteiger partial charge is 0.393 e. The van der Waals surface area contributed by atoms with Crippen LogP contribution < -0.4 is 0 Å². The first-order chi connectivity index (χ1) is 9.15. The summed E-state index contributed by atoms with van der Waals surface area (Å²) in [5.41, 5.74) is 1.36. The first-order valence-electron chi connectivity index (χ1n) is 7.30. The monoisotopic (exact) mass is 281 g/mol. The fourth-order valence-electron chi connectivity index (χ4n) is 2.85. The number of likely N-dealkylation sites (tertiary alicyclic amines) is 1. The third kappa shape index (κ3) is 4.79. The van der Waals surface area contributed by atoms with Gasteiger partial charge in [-0.15, -0.1) is 0 Å². The number of benzene rings is 1. The molecule has 0 radical (unpaired) electrons. The van der Waals surface area contributed by atoms with E-state index in [0.717, 1.165) is 24.5 Å². The Balaban J connectivity index is 1.72. The summed E-state index contributed by atoms with van der Waals surface area (Å²) in [6.45, 7) is 5.29. The van der Waals surface area contributed by atoms with Crippen LogP contribution in [0.1, 0.15) is 31.7 Å². The molecule has 19 heavy (non-hydrogen) atoms. The Morgan fingerprint density at radius 3 is 2.79 bits per heavy atom. The van der Waals surface area contributed by atoms with Gasteiger partial charge < -0.3 is 10.0 Å². The van der Waals surface area contributed by atoms with Crippen LogP contribution in [0.4, 0.5) is 0 Å². The van der Waals surface area contributed by atoms with Crippen LogP contribution in [0.25, 0.3) is 0 Å². The van der Waals surface area contributed by atoms with E-state index in [1.54, 1.807) is 0 Å². The van der Waals surface area contributed by atoms with E-state index in [9.17, 15) is 5.11 Å². The minimum Gasteiger partial charge on any atom is -0.393 e. The molecule has 106 valence electrons. The lowest BCUT2D eigenvalue weighted by Crippen LogP contribution is -2.40. The van der Waals surface area contributed by atoms with Gasteiger partial charge in [-0.1, -0.05) is 23.7 Å². The Hall–Kier alpha value is -0.570. The molecule has 2 nitrogen and oxygen atoms in total. The lowest BCUT2D eigenvalue weighted by Gasteiger charge is -2.34. The molecule has 1 aromatic rings.